The Morgan fingerprint density at radius 2 is 1.96 bits per heavy atom. The zero-order valence-electron chi connectivity index (χ0n) is 15.8. The van der Waals surface area contributed by atoms with E-state index in [0.29, 0.717) is 23.8 Å². The molecule has 1 atom stereocenters. The average molecular weight is 380 g/mol. The number of nitrogens with zero attached hydrogens (tertiary/aromatic N) is 3. The molecule has 1 aromatic heterocycles. The Morgan fingerprint density at radius 1 is 1.18 bits per heavy atom. The summed E-state index contributed by atoms with van der Waals surface area (Å²) < 4.78 is 18.5. The van der Waals surface area contributed by atoms with Crippen molar-refractivity contribution in [2.45, 2.75) is 32.7 Å². The van der Waals surface area contributed by atoms with Gasteiger partial charge in [-0.25, -0.2) is 9.18 Å². The molecular formula is C21H21FN4O2. The van der Waals surface area contributed by atoms with Crippen LogP contribution in [0, 0.1) is 19.7 Å². The molecule has 1 aliphatic rings. The number of carbonyl (C=O) groups is 1. The van der Waals surface area contributed by atoms with Crippen LogP contribution < -0.4 is 5.32 Å². The Balaban J connectivity index is 1.51. The van der Waals surface area contributed by atoms with Gasteiger partial charge in [0, 0.05) is 17.8 Å². The third-order valence-electron chi connectivity index (χ3n) is 5.10. The Morgan fingerprint density at radius 3 is 2.71 bits per heavy atom. The number of urea groups is 1. The SMILES string of the molecule is Cc1ccc(NC(=O)N2CCCC2c2nc(-c3ccc(F)cc3)no2)cc1C. The van der Waals surface area contributed by atoms with Crippen LogP contribution in [0.15, 0.2) is 47.0 Å². The van der Waals surface area contributed by atoms with Gasteiger partial charge in [-0.1, -0.05) is 11.2 Å². The molecule has 1 unspecified atom stereocenters. The largest absolute Gasteiger partial charge is 0.337 e. The zero-order valence-corrected chi connectivity index (χ0v) is 15.8. The molecule has 0 spiro atoms. The number of halogens is 1. The molecule has 1 N–H and O–H groups in total. The van der Waals surface area contributed by atoms with Crippen molar-refractivity contribution in [1.29, 1.82) is 0 Å². The maximum absolute atomic E-state index is 13.1. The fourth-order valence-electron chi connectivity index (χ4n) is 3.37. The molecule has 1 aliphatic heterocycles. The molecule has 144 valence electrons. The summed E-state index contributed by atoms with van der Waals surface area (Å²) in [5, 5.41) is 6.94. The van der Waals surface area contributed by atoms with E-state index in [1.807, 2.05) is 32.0 Å². The summed E-state index contributed by atoms with van der Waals surface area (Å²) >= 11 is 0. The van der Waals surface area contributed by atoms with Crippen molar-refractivity contribution in [2.75, 3.05) is 11.9 Å². The summed E-state index contributed by atoms with van der Waals surface area (Å²) in [6, 6.07) is 11.3. The highest BCUT2D eigenvalue weighted by Crippen LogP contribution is 2.32. The molecule has 28 heavy (non-hydrogen) atoms. The molecule has 1 saturated heterocycles. The van der Waals surface area contributed by atoms with Crippen LogP contribution in [0.2, 0.25) is 0 Å². The number of aryl methyl sites for hydroxylation is 2. The number of aromatic nitrogens is 2. The summed E-state index contributed by atoms with van der Waals surface area (Å²) in [5.41, 5.74) is 3.73. The molecule has 3 aromatic rings. The van der Waals surface area contributed by atoms with Crippen molar-refractivity contribution >= 4 is 11.7 Å². The van der Waals surface area contributed by atoms with E-state index in [1.54, 1.807) is 17.0 Å². The van der Waals surface area contributed by atoms with Gasteiger partial charge in [0.1, 0.15) is 11.9 Å². The van der Waals surface area contributed by atoms with Crippen LogP contribution in [0.4, 0.5) is 14.9 Å². The monoisotopic (exact) mass is 380 g/mol. The highest BCUT2D eigenvalue weighted by molar-refractivity contribution is 5.89. The summed E-state index contributed by atoms with van der Waals surface area (Å²) in [5.74, 6) is 0.459. The summed E-state index contributed by atoms with van der Waals surface area (Å²) in [4.78, 5) is 18.9. The van der Waals surface area contributed by atoms with Crippen molar-refractivity contribution in [1.82, 2.24) is 15.0 Å². The average Bonchev–Trinajstić information content (AvgIpc) is 3.34. The first-order chi connectivity index (χ1) is 13.5. The maximum atomic E-state index is 13.1. The van der Waals surface area contributed by atoms with Crippen molar-refractivity contribution in [3.8, 4) is 11.4 Å². The molecule has 7 heteroatoms. The van der Waals surface area contributed by atoms with Crippen LogP contribution in [0.25, 0.3) is 11.4 Å². The number of hydrogen-bond acceptors (Lipinski definition) is 4. The van der Waals surface area contributed by atoms with Gasteiger partial charge >= 0.3 is 6.03 Å². The van der Waals surface area contributed by atoms with E-state index in [1.165, 1.54) is 17.7 Å². The third kappa shape index (κ3) is 3.60. The Kier molecular flexibility index (Phi) is 4.81. The van der Waals surface area contributed by atoms with Crippen LogP contribution >= 0.6 is 0 Å². The molecule has 2 aromatic carbocycles. The van der Waals surface area contributed by atoms with Gasteiger partial charge in [0.25, 0.3) is 0 Å². The van der Waals surface area contributed by atoms with Crippen LogP contribution in [-0.2, 0) is 0 Å². The van der Waals surface area contributed by atoms with E-state index in [9.17, 15) is 9.18 Å². The van der Waals surface area contributed by atoms with E-state index in [-0.39, 0.29) is 17.9 Å². The first-order valence-corrected chi connectivity index (χ1v) is 9.25. The Hall–Kier alpha value is -3.22. The number of likely N-dealkylation sites (tertiary alicyclic amines) is 1. The number of carbonyl (C=O) groups excluding carboxylic acids is 1. The van der Waals surface area contributed by atoms with Gasteiger partial charge in [0.2, 0.25) is 11.7 Å². The van der Waals surface area contributed by atoms with Crippen LogP contribution in [0.5, 0.6) is 0 Å². The first-order valence-electron chi connectivity index (χ1n) is 9.25. The van der Waals surface area contributed by atoms with E-state index >= 15 is 0 Å². The minimum Gasteiger partial charge on any atom is -0.337 e. The van der Waals surface area contributed by atoms with Crippen molar-refractivity contribution < 1.29 is 13.7 Å². The number of rotatable bonds is 3. The fraction of sp³-hybridized carbons (Fsp3) is 0.286. The lowest BCUT2D eigenvalue weighted by molar-refractivity contribution is 0.193. The minimum atomic E-state index is -0.322. The molecule has 2 amide bonds. The summed E-state index contributed by atoms with van der Waals surface area (Å²) in [7, 11) is 0. The van der Waals surface area contributed by atoms with Gasteiger partial charge in [-0.3, -0.25) is 0 Å². The number of hydrogen-bond donors (Lipinski definition) is 1. The summed E-state index contributed by atoms with van der Waals surface area (Å²) in [6.07, 6.45) is 1.62. The van der Waals surface area contributed by atoms with Crippen molar-refractivity contribution in [3.63, 3.8) is 0 Å². The number of amides is 2. The lowest BCUT2D eigenvalue weighted by atomic mass is 10.1. The predicted octanol–water partition coefficient (Wildman–Crippen LogP) is 4.86. The molecule has 2 heterocycles. The third-order valence-corrected chi connectivity index (χ3v) is 5.10. The molecule has 6 nitrogen and oxygen atoms in total. The molecule has 4 rings (SSSR count). The second-order valence-electron chi connectivity index (χ2n) is 7.04. The lowest BCUT2D eigenvalue weighted by Gasteiger charge is -2.22. The number of anilines is 1. The van der Waals surface area contributed by atoms with Crippen LogP contribution in [-0.4, -0.2) is 27.6 Å². The predicted molar refractivity (Wildman–Crippen MR) is 103 cm³/mol. The van der Waals surface area contributed by atoms with E-state index in [4.69, 9.17) is 4.52 Å². The normalized spacial score (nSPS) is 16.4. The van der Waals surface area contributed by atoms with Gasteiger partial charge in [-0.15, -0.1) is 0 Å². The standard InChI is InChI=1S/C21H21FN4O2/c1-13-5-10-17(12-14(13)2)23-21(27)26-11-3-4-18(26)20-24-19(25-28-20)15-6-8-16(22)9-7-15/h5-10,12,18H,3-4,11H2,1-2H3,(H,23,27). The molecule has 0 aliphatic carbocycles. The van der Waals surface area contributed by atoms with E-state index < -0.39 is 0 Å². The van der Waals surface area contributed by atoms with Gasteiger partial charge in [-0.2, -0.15) is 4.98 Å². The molecule has 0 saturated carbocycles. The van der Waals surface area contributed by atoms with E-state index in [0.717, 1.165) is 24.1 Å². The molecule has 0 radical (unpaired) electrons. The number of benzene rings is 2. The number of nitrogens with one attached hydrogen (secondary N) is 1. The Labute approximate surface area is 162 Å². The zero-order chi connectivity index (χ0) is 19.7. The second-order valence-corrected chi connectivity index (χ2v) is 7.04. The molecule has 0 bridgehead atoms. The smallest absolute Gasteiger partial charge is 0.322 e. The maximum Gasteiger partial charge on any atom is 0.322 e. The van der Waals surface area contributed by atoms with Gasteiger partial charge < -0.3 is 14.7 Å². The molecular weight excluding hydrogens is 359 g/mol. The van der Waals surface area contributed by atoms with Crippen LogP contribution in [0.3, 0.4) is 0 Å². The lowest BCUT2D eigenvalue weighted by Crippen LogP contribution is -2.34. The van der Waals surface area contributed by atoms with Gasteiger partial charge in [0.15, 0.2) is 0 Å². The van der Waals surface area contributed by atoms with Crippen molar-refractivity contribution in [2.24, 2.45) is 0 Å². The Bertz CT molecular complexity index is 1000. The van der Waals surface area contributed by atoms with E-state index in [2.05, 4.69) is 15.5 Å². The van der Waals surface area contributed by atoms with Gasteiger partial charge in [-0.05, 0) is 74.2 Å². The topological polar surface area (TPSA) is 71.3 Å². The summed E-state index contributed by atoms with van der Waals surface area (Å²) in [6.45, 7) is 4.67. The first kappa shape index (κ1) is 18.2. The highest BCUT2D eigenvalue weighted by Gasteiger charge is 2.34. The second kappa shape index (κ2) is 7.42. The fourth-order valence-corrected chi connectivity index (χ4v) is 3.37. The van der Waals surface area contributed by atoms with Crippen molar-refractivity contribution in [3.05, 3.63) is 65.3 Å². The minimum absolute atomic E-state index is 0.188. The highest BCUT2D eigenvalue weighted by atomic mass is 19.1. The molecule has 1 fully saturated rings. The van der Waals surface area contributed by atoms with Gasteiger partial charge in [0.05, 0.1) is 0 Å². The quantitative estimate of drug-likeness (QED) is 0.704. The van der Waals surface area contributed by atoms with Crippen LogP contribution in [0.1, 0.15) is 35.9 Å².